The number of amides is 2. The van der Waals surface area contributed by atoms with Gasteiger partial charge in [0.05, 0.1) is 29.0 Å². The SMILES string of the molecule is CCn1c(C(=O)N[C@H](C)c2ncc(C(=O)Nc3cc(C(F)(F)F)c(Cl)cn3)s2)cnc1C. The minimum absolute atomic E-state index is 0.140. The minimum atomic E-state index is -4.68. The van der Waals surface area contributed by atoms with E-state index in [9.17, 15) is 22.8 Å². The molecule has 1 atom stereocenters. The summed E-state index contributed by atoms with van der Waals surface area (Å²) < 4.78 is 40.7. The lowest BCUT2D eigenvalue weighted by molar-refractivity contribution is -0.137. The Morgan fingerprint density at radius 2 is 1.91 bits per heavy atom. The fourth-order valence-electron chi connectivity index (χ4n) is 2.88. The zero-order chi connectivity index (χ0) is 23.6. The molecule has 0 spiro atoms. The van der Waals surface area contributed by atoms with Crippen molar-refractivity contribution in [3.8, 4) is 0 Å². The van der Waals surface area contributed by atoms with Crippen molar-refractivity contribution in [3.63, 3.8) is 0 Å². The van der Waals surface area contributed by atoms with Gasteiger partial charge in [0.1, 0.15) is 27.2 Å². The maximum Gasteiger partial charge on any atom is 0.418 e. The number of pyridine rings is 1. The number of anilines is 1. The zero-order valence-corrected chi connectivity index (χ0v) is 18.7. The van der Waals surface area contributed by atoms with Gasteiger partial charge in [-0.15, -0.1) is 11.3 Å². The second-order valence-corrected chi connectivity index (χ2v) is 8.16. The molecule has 0 aromatic carbocycles. The molecule has 0 aliphatic heterocycles. The van der Waals surface area contributed by atoms with E-state index in [-0.39, 0.29) is 16.6 Å². The fourth-order valence-corrected chi connectivity index (χ4v) is 3.90. The summed E-state index contributed by atoms with van der Waals surface area (Å²) >= 11 is 6.53. The van der Waals surface area contributed by atoms with Gasteiger partial charge in [0, 0.05) is 12.7 Å². The monoisotopic (exact) mass is 486 g/mol. The van der Waals surface area contributed by atoms with Crippen LogP contribution < -0.4 is 10.6 Å². The largest absolute Gasteiger partial charge is 0.418 e. The Hall–Kier alpha value is -2.99. The van der Waals surface area contributed by atoms with E-state index in [1.807, 2.05) is 6.92 Å². The maximum atomic E-state index is 13.0. The molecule has 0 aliphatic rings. The minimum Gasteiger partial charge on any atom is -0.342 e. The topological polar surface area (TPSA) is 102 Å². The van der Waals surface area contributed by atoms with Gasteiger partial charge >= 0.3 is 6.18 Å². The summed E-state index contributed by atoms with van der Waals surface area (Å²) in [5.74, 6) is -0.615. The number of alkyl halides is 3. The van der Waals surface area contributed by atoms with Gasteiger partial charge in [-0.25, -0.2) is 15.0 Å². The standard InChI is InChI=1S/C19H18ClF3N6O2S/c1-4-29-10(3)24-7-13(29)16(30)27-9(2)18-26-8-14(32-18)17(31)28-15-5-11(19(21,22)23)12(20)6-25-15/h5-9H,4H2,1-3H3,(H,27,30)(H,25,28,31)/t9-/m1/s1. The molecule has 3 rings (SSSR count). The van der Waals surface area contributed by atoms with Crippen molar-refractivity contribution in [1.29, 1.82) is 0 Å². The van der Waals surface area contributed by atoms with Gasteiger partial charge in [0.2, 0.25) is 0 Å². The van der Waals surface area contributed by atoms with Gasteiger partial charge in [0.25, 0.3) is 11.8 Å². The predicted octanol–water partition coefficient (Wildman–Crippen LogP) is 4.48. The second kappa shape index (κ2) is 9.25. The van der Waals surface area contributed by atoms with E-state index in [0.29, 0.717) is 29.1 Å². The number of aryl methyl sites for hydroxylation is 1. The van der Waals surface area contributed by atoms with Crippen LogP contribution >= 0.6 is 22.9 Å². The van der Waals surface area contributed by atoms with E-state index in [1.54, 1.807) is 18.4 Å². The van der Waals surface area contributed by atoms with Gasteiger partial charge in [0.15, 0.2) is 0 Å². The van der Waals surface area contributed by atoms with Gasteiger partial charge in [-0.05, 0) is 26.8 Å². The van der Waals surface area contributed by atoms with Gasteiger partial charge < -0.3 is 15.2 Å². The first-order chi connectivity index (χ1) is 15.0. The van der Waals surface area contributed by atoms with Crippen LogP contribution in [0.4, 0.5) is 19.0 Å². The Bertz CT molecular complexity index is 1160. The first-order valence-corrected chi connectivity index (χ1v) is 10.5. The molecule has 0 saturated carbocycles. The molecule has 13 heteroatoms. The molecule has 8 nitrogen and oxygen atoms in total. The lowest BCUT2D eigenvalue weighted by Crippen LogP contribution is -2.28. The van der Waals surface area contributed by atoms with Crippen molar-refractivity contribution in [2.45, 2.75) is 39.5 Å². The Balaban J connectivity index is 1.70. The van der Waals surface area contributed by atoms with Crippen LogP contribution in [0.1, 0.15) is 56.4 Å². The number of halogens is 4. The summed E-state index contributed by atoms with van der Waals surface area (Å²) in [5.41, 5.74) is -0.701. The van der Waals surface area contributed by atoms with E-state index >= 15 is 0 Å². The van der Waals surface area contributed by atoms with Gasteiger partial charge in [-0.2, -0.15) is 13.2 Å². The van der Waals surface area contributed by atoms with Crippen LogP contribution in [0.25, 0.3) is 0 Å². The highest BCUT2D eigenvalue weighted by Crippen LogP contribution is 2.35. The molecule has 0 radical (unpaired) electrons. The molecular weight excluding hydrogens is 469 g/mol. The van der Waals surface area contributed by atoms with Crippen molar-refractivity contribution < 1.29 is 22.8 Å². The maximum absolute atomic E-state index is 13.0. The molecule has 170 valence electrons. The molecule has 3 aromatic rings. The number of rotatable bonds is 6. The van der Waals surface area contributed by atoms with E-state index < -0.39 is 28.7 Å². The number of nitrogens with one attached hydrogen (secondary N) is 2. The number of imidazole rings is 1. The number of nitrogens with zero attached hydrogens (tertiary/aromatic N) is 4. The lowest BCUT2D eigenvalue weighted by atomic mass is 10.2. The third-order valence-electron chi connectivity index (χ3n) is 4.47. The van der Waals surface area contributed by atoms with E-state index in [4.69, 9.17) is 11.6 Å². The van der Waals surface area contributed by atoms with E-state index in [0.717, 1.165) is 17.5 Å². The number of aromatic nitrogens is 4. The highest BCUT2D eigenvalue weighted by atomic mass is 35.5. The number of hydrogen-bond donors (Lipinski definition) is 2. The van der Waals surface area contributed by atoms with Crippen LogP contribution in [0.5, 0.6) is 0 Å². The molecule has 2 amide bonds. The van der Waals surface area contributed by atoms with E-state index in [2.05, 4.69) is 25.6 Å². The van der Waals surface area contributed by atoms with Crippen LogP contribution in [-0.4, -0.2) is 31.3 Å². The average Bonchev–Trinajstić information content (AvgIpc) is 3.35. The molecule has 2 N–H and O–H groups in total. The van der Waals surface area contributed by atoms with Crippen molar-refractivity contribution in [2.75, 3.05) is 5.32 Å². The first kappa shape index (κ1) is 23.7. The van der Waals surface area contributed by atoms with Crippen LogP contribution in [0, 0.1) is 6.92 Å². The molecule has 0 saturated heterocycles. The van der Waals surface area contributed by atoms with Crippen LogP contribution in [0.2, 0.25) is 5.02 Å². The Morgan fingerprint density at radius 1 is 1.19 bits per heavy atom. The molecule has 0 aliphatic carbocycles. The Kier molecular flexibility index (Phi) is 6.84. The van der Waals surface area contributed by atoms with Gasteiger partial charge in [-0.3, -0.25) is 9.59 Å². The summed E-state index contributed by atoms with van der Waals surface area (Å²) in [5, 5.41) is 4.97. The zero-order valence-electron chi connectivity index (χ0n) is 17.1. The first-order valence-electron chi connectivity index (χ1n) is 9.34. The number of carbonyl (C=O) groups excluding carboxylic acids is 2. The van der Waals surface area contributed by atoms with Crippen molar-refractivity contribution >= 4 is 40.6 Å². The quantitative estimate of drug-likeness (QED) is 0.535. The normalized spacial score (nSPS) is 12.5. The average molecular weight is 487 g/mol. The summed E-state index contributed by atoms with van der Waals surface area (Å²) in [7, 11) is 0. The molecule has 3 heterocycles. The summed E-state index contributed by atoms with van der Waals surface area (Å²) in [6.45, 7) is 5.98. The van der Waals surface area contributed by atoms with Crippen molar-refractivity contribution in [1.82, 2.24) is 24.8 Å². The van der Waals surface area contributed by atoms with Crippen molar-refractivity contribution in [3.05, 3.63) is 56.6 Å². The Labute approximate surface area is 189 Å². The number of carbonyl (C=O) groups is 2. The summed E-state index contributed by atoms with van der Waals surface area (Å²) in [6.07, 6.45) is -1.11. The summed E-state index contributed by atoms with van der Waals surface area (Å²) in [6, 6.07) is 0.143. The number of hydrogen-bond acceptors (Lipinski definition) is 6. The predicted molar refractivity (Wildman–Crippen MR) is 113 cm³/mol. The third-order valence-corrected chi connectivity index (χ3v) is 5.95. The third kappa shape index (κ3) is 5.07. The van der Waals surface area contributed by atoms with Crippen LogP contribution in [0.15, 0.2) is 24.7 Å². The highest BCUT2D eigenvalue weighted by molar-refractivity contribution is 7.13. The molecule has 0 fully saturated rings. The highest BCUT2D eigenvalue weighted by Gasteiger charge is 2.34. The molecule has 3 aromatic heterocycles. The molecule has 32 heavy (non-hydrogen) atoms. The Morgan fingerprint density at radius 3 is 2.56 bits per heavy atom. The molecule has 0 bridgehead atoms. The lowest BCUT2D eigenvalue weighted by Gasteiger charge is -2.12. The van der Waals surface area contributed by atoms with Crippen molar-refractivity contribution in [2.24, 2.45) is 0 Å². The van der Waals surface area contributed by atoms with Crippen LogP contribution in [-0.2, 0) is 12.7 Å². The molecular formula is C19H18ClF3N6O2S. The molecule has 0 unspecified atom stereocenters. The van der Waals surface area contributed by atoms with Gasteiger partial charge in [-0.1, -0.05) is 11.6 Å². The number of thiazole rings is 1. The fraction of sp³-hybridized carbons (Fsp3) is 0.316. The smallest absolute Gasteiger partial charge is 0.342 e. The van der Waals surface area contributed by atoms with Crippen LogP contribution in [0.3, 0.4) is 0 Å². The van der Waals surface area contributed by atoms with E-state index in [1.165, 1.54) is 12.4 Å². The second-order valence-electron chi connectivity index (χ2n) is 6.69. The summed E-state index contributed by atoms with van der Waals surface area (Å²) in [4.78, 5) is 37.1.